The van der Waals surface area contributed by atoms with E-state index in [9.17, 15) is 8.42 Å². The highest BCUT2D eigenvalue weighted by Crippen LogP contribution is 2.12. The molecule has 2 aromatic rings. The van der Waals surface area contributed by atoms with Gasteiger partial charge in [-0.05, 0) is 43.2 Å². The molecule has 6 heteroatoms. The van der Waals surface area contributed by atoms with Crippen molar-refractivity contribution in [3.63, 3.8) is 0 Å². The van der Waals surface area contributed by atoms with Crippen molar-refractivity contribution in [2.45, 2.75) is 18.2 Å². The van der Waals surface area contributed by atoms with Crippen LogP contribution >= 0.6 is 0 Å². The van der Waals surface area contributed by atoms with Crippen LogP contribution < -0.4 is 9.46 Å². The molecule has 112 valence electrons. The molecule has 5 nitrogen and oxygen atoms in total. The standard InChI is InChI=1S/C15H18N2O3S/c1-2-20-14-7-5-13(6-8-14)9-11-17-21(18,19)15-4-3-10-16-12-15/h3-8,10,12,17H,2,9,11H2,1H3. The molecule has 0 aliphatic carbocycles. The fourth-order valence-electron chi connectivity index (χ4n) is 1.84. The lowest BCUT2D eigenvalue weighted by molar-refractivity contribution is 0.340. The molecule has 0 unspecified atom stereocenters. The van der Waals surface area contributed by atoms with Crippen molar-refractivity contribution in [2.24, 2.45) is 0 Å². The lowest BCUT2D eigenvalue weighted by Gasteiger charge is -2.07. The Morgan fingerprint density at radius 3 is 2.57 bits per heavy atom. The molecule has 0 spiro atoms. The number of ether oxygens (including phenoxy) is 1. The van der Waals surface area contributed by atoms with Crippen molar-refractivity contribution >= 4 is 10.0 Å². The molecule has 1 aromatic carbocycles. The highest BCUT2D eigenvalue weighted by molar-refractivity contribution is 7.89. The van der Waals surface area contributed by atoms with E-state index in [-0.39, 0.29) is 4.90 Å². The summed E-state index contributed by atoms with van der Waals surface area (Å²) in [5.41, 5.74) is 1.05. The summed E-state index contributed by atoms with van der Waals surface area (Å²) in [5.74, 6) is 0.817. The summed E-state index contributed by atoms with van der Waals surface area (Å²) in [5, 5.41) is 0. The van der Waals surface area contributed by atoms with Crippen LogP contribution in [0.2, 0.25) is 0 Å². The van der Waals surface area contributed by atoms with Gasteiger partial charge in [-0.1, -0.05) is 12.1 Å². The van der Waals surface area contributed by atoms with Gasteiger partial charge in [0, 0.05) is 18.9 Å². The summed E-state index contributed by atoms with van der Waals surface area (Å²) < 4.78 is 31.9. The quantitative estimate of drug-likeness (QED) is 0.849. The molecule has 2 rings (SSSR count). The third-order valence-electron chi connectivity index (χ3n) is 2.88. The molecule has 0 bridgehead atoms. The van der Waals surface area contributed by atoms with E-state index in [2.05, 4.69) is 9.71 Å². The number of hydrogen-bond donors (Lipinski definition) is 1. The third-order valence-corrected chi connectivity index (χ3v) is 4.33. The average Bonchev–Trinajstić information content (AvgIpc) is 2.50. The number of sulfonamides is 1. The molecular weight excluding hydrogens is 288 g/mol. The van der Waals surface area contributed by atoms with Crippen molar-refractivity contribution in [3.05, 3.63) is 54.4 Å². The Labute approximate surface area is 125 Å². The van der Waals surface area contributed by atoms with Crippen LogP contribution in [0, 0.1) is 0 Å². The van der Waals surface area contributed by atoms with E-state index in [1.807, 2.05) is 31.2 Å². The number of aromatic nitrogens is 1. The van der Waals surface area contributed by atoms with Crippen LogP contribution in [-0.2, 0) is 16.4 Å². The van der Waals surface area contributed by atoms with Crippen molar-refractivity contribution < 1.29 is 13.2 Å². The summed E-state index contributed by atoms with van der Waals surface area (Å²) in [6, 6.07) is 10.8. The second-order valence-corrected chi connectivity index (χ2v) is 6.18. The molecule has 0 saturated heterocycles. The minimum atomic E-state index is -3.48. The molecule has 0 fully saturated rings. The van der Waals surface area contributed by atoms with Gasteiger partial charge in [-0.15, -0.1) is 0 Å². The van der Waals surface area contributed by atoms with Gasteiger partial charge in [0.15, 0.2) is 0 Å². The Morgan fingerprint density at radius 2 is 1.95 bits per heavy atom. The number of nitrogens with one attached hydrogen (secondary N) is 1. The second-order valence-electron chi connectivity index (χ2n) is 4.41. The summed E-state index contributed by atoms with van der Waals surface area (Å²) in [4.78, 5) is 3.99. The first-order valence-electron chi connectivity index (χ1n) is 6.73. The molecule has 0 saturated carbocycles. The van der Waals surface area contributed by atoms with Crippen LogP contribution in [0.5, 0.6) is 5.75 Å². The molecule has 0 radical (unpaired) electrons. The van der Waals surface area contributed by atoms with Crippen molar-refractivity contribution in [1.29, 1.82) is 0 Å². The monoisotopic (exact) mass is 306 g/mol. The Morgan fingerprint density at radius 1 is 1.19 bits per heavy atom. The zero-order chi connectivity index (χ0) is 15.1. The number of benzene rings is 1. The van der Waals surface area contributed by atoms with E-state index in [0.717, 1.165) is 11.3 Å². The predicted molar refractivity (Wildman–Crippen MR) is 80.7 cm³/mol. The first-order chi connectivity index (χ1) is 10.1. The maximum atomic E-state index is 12.0. The highest BCUT2D eigenvalue weighted by atomic mass is 32.2. The summed E-state index contributed by atoms with van der Waals surface area (Å²) in [6.07, 6.45) is 3.49. The van der Waals surface area contributed by atoms with Gasteiger partial charge >= 0.3 is 0 Å². The minimum Gasteiger partial charge on any atom is -0.494 e. The predicted octanol–water partition coefficient (Wildman–Crippen LogP) is 2.00. The second kappa shape index (κ2) is 7.19. The number of pyridine rings is 1. The molecule has 1 heterocycles. The van der Waals surface area contributed by atoms with Crippen molar-refractivity contribution in [1.82, 2.24) is 9.71 Å². The number of hydrogen-bond acceptors (Lipinski definition) is 4. The van der Waals surface area contributed by atoms with Gasteiger partial charge in [0.2, 0.25) is 10.0 Å². The SMILES string of the molecule is CCOc1ccc(CCNS(=O)(=O)c2cccnc2)cc1. The molecule has 0 aliphatic rings. The average molecular weight is 306 g/mol. The molecule has 1 N–H and O–H groups in total. The summed E-state index contributed by atoms with van der Waals surface area (Å²) >= 11 is 0. The molecule has 0 amide bonds. The topological polar surface area (TPSA) is 68.3 Å². The van der Waals surface area contributed by atoms with Gasteiger partial charge in [0.05, 0.1) is 6.61 Å². The van der Waals surface area contributed by atoms with E-state index in [4.69, 9.17) is 4.74 Å². The first kappa shape index (κ1) is 15.5. The van der Waals surface area contributed by atoms with Gasteiger partial charge in [-0.25, -0.2) is 13.1 Å². The normalized spacial score (nSPS) is 11.3. The van der Waals surface area contributed by atoms with Crippen molar-refractivity contribution in [2.75, 3.05) is 13.2 Å². The molecule has 0 atom stereocenters. The number of rotatable bonds is 7. The van der Waals surface area contributed by atoms with Gasteiger partial charge in [-0.3, -0.25) is 4.98 Å². The van der Waals surface area contributed by atoms with E-state index in [1.165, 1.54) is 12.3 Å². The maximum Gasteiger partial charge on any atom is 0.242 e. The zero-order valence-electron chi connectivity index (χ0n) is 11.8. The zero-order valence-corrected chi connectivity index (χ0v) is 12.6. The Hall–Kier alpha value is -1.92. The van der Waals surface area contributed by atoms with E-state index in [1.54, 1.807) is 12.3 Å². The van der Waals surface area contributed by atoms with Crippen LogP contribution in [0.4, 0.5) is 0 Å². The van der Waals surface area contributed by atoms with Gasteiger partial charge < -0.3 is 4.74 Å². The maximum absolute atomic E-state index is 12.0. The van der Waals surface area contributed by atoms with Crippen LogP contribution in [0.15, 0.2) is 53.7 Å². The molecule has 1 aromatic heterocycles. The fraction of sp³-hybridized carbons (Fsp3) is 0.267. The van der Waals surface area contributed by atoms with Crippen LogP contribution in [-0.4, -0.2) is 26.6 Å². The van der Waals surface area contributed by atoms with Crippen LogP contribution in [0.3, 0.4) is 0 Å². The third kappa shape index (κ3) is 4.54. The summed E-state index contributed by atoms with van der Waals surface area (Å²) in [7, 11) is -3.48. The Balaban J connectivity index is 1.89. The van der Waals surface area contributed by atoms with E-state index < -0.39 is 10.0 Å². The molecule has 21 heavy (non-hydrogen) atoms. The fourth-order valence-corrected chi connectivity index (χ4v) is 2.83. The van der Waals surface area contributed by atoms with Crippen LogP contribution in [0.1, 0.15) is 12.5 Å². The Kier molecular flexibility index (Phi) is 5.30. The Bertz CT molecular complexity index is 655. The lowest BCUT2D eigenvalue weighted by atomic mass is 10.1. The van der Waals surface area contributed by atoms with E-state index >= 15 is 0 Å². The molecular formula is C15H18N2O3S. The smallest absolute Gasteiger partial charge is 0.242 e. The van der Waals surface area contributed by atoms with Crippen LogP contribution in [0.25, 0.3) is 0 Å². The summed E-state index contributed by atoms with van der Waals surface area (Å²) in [6.45, 7) is 2.90. The first-order valence-corrected chi connectivity index (χ1v) is 8.21. The highest BCUT2D eigenvalue weighted by Gasteiger charge is 2.12. The van der Waals surface area contributed by atoms with Gasteiger partial charge in [0.25, 0.3) is 0 Å². The van der Waals surface area contributed by atoms with Crippen molar-refractivity contribution in [3.8, 4) is 5.75 Å². The molecule has 0 aliphatic heterocycles. The van der Waals surface area contributed by atoms with E-state index in [0.29, 0.717) is 19.6 Å². The largest absolute Gasteiger partial charge is 0.494 e. The minimum absolute atomic E-state index is 0.177. The lowest BCUT2D eigenvalue weighted by Crippen LogP contribution is -2.26. The van der Waals surface area contributed by atoms with Gasteiger partial charge in [-0.2, -0.15) is 0 Å². The number of nitrogens with zero attached hydrogens (tertiary/aromatic N) is 1. The van der Waals surface area contributed by atoms with Gasteiger partial charge in [0.1, 0.15) is 10.6 Å².